The number of likely N-dealkylation sites (N-methyl/N-ethyl adjacent to an activating group) is 1. The third-order valence-corrected chi connectivity index (χ3v) is 2.79. The lowest BCUT2D eigenvalue weighted by Crippen LogP contribution is -3.00. The highest BCUT2D eigenvalue weighted by atomic mass is 79.9. The lowest BCUT2D eigenvalue weighted by atomic mass is 10.0. The van der Waals surface area contributed by atoms with E-state index in [1.165, 1.54) is 0 Å². The van der Waals surface area contributed by atoms with Gasteiger partial charge in [-0.3, -0.25) is 0 Å². The van der Waals surface area contributed by atoms with Crippen molar-refractivity contribution in [2.24, 2.45) is 0 Å². The van der Waals surface area contributed by atoms with E-state index in [2.05, 4.69) is 34.4 Å². The van der Waals surface area contributed by atoms with Crippen LogP contribution in [-0.4, -0.2) is 23.1 Å². The highest BCUT2D eigenvalue weighted by Crippen LogP contribution is 2.31. The van der Waals surface area contributed by atoms with Crippen LogP contribution in [0.3, 0.4) is 0 Å². The Morgan fingerprint density at radius 1 is 1.46 bits per heavy atom. The Kier molecular flexibility index (Phi) is 4.19. The summed E-state index contributed by atoms with van der Waals surface area (Å²) in [5, 5.41) is 0. The molecule has 1 aliphatic heterocycles. The Morgan fingerprint density at radius 2 is 1.92 bits per heavy atom. The summed E-state index contributed by atoms with van der Waals surface area (Å²) in [5.41, 5.74) is -0.0301. The van der Waals surface area contributed by atoms with E-state index in [4.69, 9.17) is 4.74 Å². The largest absolute Gasteiger partial charge is 1.00 e. The molecule has 0 atom stereocenters. The van der Waals surface area contributed by atoms with Crippen LogP contribution in [0, 0.1) is 0 Å². The summed E-state index contributed by atoms with van der Waals surface area (Å²) in [7, 11) is 2.04. The van der Waals surface area contributed by atoms with Gasteiger partial charge in [-0.1, -0.05) is 15.9 Å². The van der Waals surface area contributed by atoms with Crippen LogP contribution < -0.4 is 17.0 Å². The molecular weight excluding hydrogens is 298 g/mol. The monoisotopic (exact) mass is 311 g/mol. The maximum absolute atomic E-state index is 5.63. The first-order chi connectivity index (χ1) is 5.37. The Balaban J connectivity index is 0.00000144. The summed E-state index contributed by atoms with van der Waals surface area (Å²) < 4.78 is 8.82. The first-order valence-corrected chi connectivity index (χ1v) is 4.78. The van der Waals surface area contributed by atoms with Crippen molar-refractivity contribution >= 4 is 21.8 Å². The van der Waals surface area contributed by atoms with Crippen molar-refractivity contribution in [3.05, 3.63) is 10.2 Å². The minimum atomic E-state index is -0.0301. The second-order valence-corrected chi connectivity index (χ2v) is 4.79. The van der Waals surface area contributed by atoms with Crippen LogP contribution in [0.1, 0.15) is 27.7 Å². The molecule has 2 nitrogen and oxygen atoms in total. The molecule has 0 amide bonds. The first-order valence-electron chi connectivity index (χ1n) is 3.99. The number of nitrogens with zero attached hydrogens (tertiary/aromatic N) is 1. The smallest absolute Gasteiger partial charge is 0.339 e. The van der Waals surface area contributed by atoms with E-state index in [9.17, 15) is 0 Å². The van der Waals surface area contributed by atoms with E-state index in [0.717, 1.165) is 16.1 Å². The Labute approximate surface area is 98.6 Å². The minimum Gasteiger partial charge on any atom is -1.00 e. The van der Waals surface area contributed by atoms with Gasteiger partial charge in [0.25, 0.3) is 0 Å². The maximum atomic E-state index is 5.63. The number of allylic oxidation sites excluding steroid dienone is 1. The molecule has 0 saturated carbocycles. The normalized spacial score (nSPS) is 23.8. The Hall–Kier alpha value is 0.170. The number of hydrogen-bond donors (Lipinski definition) is 0. The molecule has 0 fully saturated rings. The number of halogens is 2. The summed E-state index contributed by atoms with van der Waals surface area (Å²) in [6.45, 7) is 8.27. The fourth-order valence-electron chi connectivity index (χ4n) is 1.38. The zero-order chi connectivity index (χ0) is 9.52. The molecule has 0 aliphatic carbocycles. The highest BCUT2D eigenvalue weighted by molar-refractivity contribution is 9.11. The lowest BCUT2D eigenvalue weighted by Gasteiger charge is -2.13. The van der Waals surface area contributed by atoms with E-state index < -0.39 is 0 Å². The second-order valence-electron chi connectivity index (χ2n) is 3.60. The third kappa shape index (κ3) is 2.15. The van der Waals surface area contributed by atoms with Gasteiger partial charge < -0.3 is 21.7 Å². The zero-order valence-electron chi connectivity index (χ0n) is 8.61. The average Bonchev–Trinajstić information content (AvgIpc) is 2.13. The van der Waals surface area contributed by atoms with Gasteiger partial charge in [0.15, 0.2) is 5.76 Å². The molecular formula is C9H15Br2NO. The van der Waals surface area contributed by atoms with Gasteiger partial charge in [0.05, 0.1) is 6.92 Å². The van der Waals surface area contributed by atoms with E-state index in [-0.39, 0.29) is 22.5 Å². The summed E-state index contributed by atoms with van der Waals surface area (Å²) in [6, 6.07) is 0. The predicted molar refractivity (Wildman–Crippen MR) is 53.7 cm³/mol. The molecule has 1 aliphatic rings. The number of hydrogen-bond acceptors (Lipinski definition) is 1. The van der Waals surface area contributed by atoms with E-state index in [0.29, 0.717) is 0 Å². The topological polar surface area (TPSA) is 12.2 Å². The maximum Gasteiger partial charge on any atom is 0.339 e. The molecule has 0 aromatic heterocycles. The molecule has 0 spiro atoms. The van der Waals surface area contributed by atoms with Crippen LogP contribution in [0.2, 0.25) is 0 Å². The molecule has 0 saturated heterocycles. The van der Waals surface area contributed by atoms with Gasteiger partial charge in [-0.05, 0) is 6.92 Å². The first kappa shape index (κ1) is 13.2. The van der Waals surface area contributed by atoms with Crippen LogP contribution in [0.4, 0.5) is 0 Å². The van der Waals surface area contributed by atoms with Gasteiger partial charge in [-0.15, -0.1) is 0 Å². The molecule has 0 radical (unpaired) electrons. The molecule has 1 rings (SSSR count). The molecule has 1 heterocycles. The van der Waals surface area contributed by atoms with E-state index in [1.54, 1.807) is 0 Å². The Morgan fingerprint density at radius 3 is 2.08 bits per heavy atom. The molecule has 4 heteroatoms. The van der Waals surface area contributed by atoms with Crippen LogP contribution in [0.25, 0.3) is 0 Å². The average molecular weight is 313 g/mol. The quantitative estimate of drug-likeness (QED) is 0.549. The molecule has 0 aromatic carbocycles. The van der Waals surface area contributed by atoms with Crippen molar-refractivity contribution in [3.8, 4) is 0 Å². The van der Waals surface area contributed by atoms with Gasteiger partial charge >= 0.3 is 5.90 Å². The van der Waals surface area contributed by atoms with Crippen LogP contribution in [0.5, 0.6) is 0 Å². The zero-order valence-corrected chi connectivity index (χ0v) is 11.8. The summed E-state index contributed by atoms with van der Waals surface area (Å²) >= 11 is 3.45. The highest BCUT2D eigenvalue weighted by Gasteiger charge is 2.44. The molecule has 13 heavy (non-hydrogen) atoms. The lowest BCUT2D eigenvalue weighted by molar-refractivity contribution is -0.557. The van der Waals surface area contributed by atoms with Gasteiger partial charge in [0.2, 0.25) is 5.54 Å². The minimum absolute atomic E-state index is 0. The molecule has 0 aromatic rings. The van der Waals surface area contributed by atoms with Gasteiger partial charge in [0.1, 0.15) is 7.05 Å². The molecule has 76 valence electrons. The molecule has 0 bridgehead atoms. The SMILES string of the molecule is CC(Br)=C1OC(C)=[N+](C)C1(C)C.[Br-]. The summed E-state index contributed by atoms with van der Waals surface area (Å²) in [5.74, 6) is 1.95. The number of ether oxygens (including phenoxy) is 1. The van der Waals surface area contributed by atoms with Gasteiger partial charge in [-0.25, -0.2) is 0 Å². The van der Waals surface area contributed by atoms with Crippen molar-refractivity contribution < 1.29 is 26.3 Å². The summed E-state index contributed by atoms with van der Waals surface area (Å²) in [6.07, 6.45) is 0. The van der Waals surface area contributed by atoms with Crippen molar-refractivity contribution in [2.75, 3.05) is 7.05 Å². The summed E-state index contributed by atoms with van der Waals surface area (Å²) in [4.78, 5) is 0. The fraction of sp³-hybridized carbons (Fsp3) is 0.667. The van der Waals surface area contributed by atoms with Gasteiger partial charge in [-0.2, -0.15) is 4.58 Å². The fourth-order valence-corrected chi connectivity index (χ4v) is 1.94. The van der Waals surface area contributed by atoms with Crippen molar-refractivity contribution in [3.63, 3.8) is 0 Å². The molecule has 0 N–H and O–H groups in total. The third-order valence-electron chi connectivity index (χ3n) is 2.43. The van der Waals surface area contributed by atoms with Crippen molar-refractivity contribution in [1.29, 1.82) is 0 Å². The van der Waals surface area contributed by atoms with Crippen LogP contribution in [-0.2, 0) is 4.74 Å². The van der Waals surface area contributed by atoms with Crippen LogP contribution in [0.15, 0.2) is 10.2 Å². The van der Waals surface area contributed by atoms with E-state index >= 15 is 0 Å². The molecule has 0 unspecified atom stereocenters. The van der Waals surface area contributed by atoms with Crippen molar-refractivity contribution in [1.82, 2.24) is 0 Å². The van der Waals surface area contributed by atoms with E-state index in [1.807, 2.05) is 20.9 Å². The van der Waals surface area contributed by atoms with Crippen molar-refractivity contribution in [2.45, 2.75) is 33.2 Å². The van der Waals surface area contributed by atoms with Gasteiger partial charge in [0, 0.05) is 18.3 Å². The standard InChI is InChI=1S/C9H15BrNO.BrH/c1-6(10)8-9(3,4)11(5)7(2)12-8;/h1-5H3;1H/q+1;/p-1. The second kappa shape index (κ2) is 4.13. The Bertz CT molecular complexity index is 275. The number of rotatable bonds is 0. The predicted octanol–water partition coefficient (Wildman–Crippen LogP) is -0.514. The van der Waals surface area contributed by atoms with Crippen LogP contribution >= 0.6 is 15.9 Å².